The molecule has 0 heterocycles. The molecule has 0 fully saturated rings. The molecule has 0 atom stereocenters. The molecule has 0 amide bonds. The average Bonchev–Trinajstić information content (AvgIpc) is 2.08. The summed E-state index contributed by atoms with van der Waals surface area (Å²) in [6, 6.07) is 3.68. The molecule has 0 saturated heterocycles. The Kier molecular flexibility index (Phi) is 4.37. The fraction of sp³-hybridized carbons (Fsp3) is 0.300. The van der Waals surface area contributed by atoms with Crippen molar-refractivity contribution in [1.82, 2.24) is 0 Å². The van der Waals surface area contributed by atoms with E-state index in [1.807, 2.05) is 19.9 Å². The number of carbonyl (C=O) groups excluding carboxylic acids is 1. The van der Waals surface area contributed by atoms with Gasteiger partial charge in [0, 0.05) is 4.47 Å². The largest absolute Gasteiger partial charge is 0.489 e. The zero-order valence-electron chi connectivity index (χ0n) is 7.88. The number of hydrogen-bond acceptors (Lipinski definition) is 2. The molecule has 0 unspecified atom stereocenters. The Bertz CT molecular complexity index is 350. The van der Waals surface area contributed by atoms with Crippen LogP contribution in [0.2, 0.25) is 0 Å². The lowest BCUT2D eigenvalue weighted by Crippen LogP contribution is -2.08. The second-order valence-electron chi connectivity index (χ2n) is 3.09. The molecule has 0 aliphatic carbocycles. The van der Waals surface area contributed by atoms with Crippen molar-refractivity contribution in [3.63, 3.8) is 0 Å². The molecular weight excluding hydrogens is 359 g/mol. The molecule has 1 aromatic rings. The minimum Gasteiger partial charge on any atom is -0.489 e. The lowest BCUT2D eigenvalue weighted by atomic mass is 10.2. The van der Waals surface area contributed by atoms with Gasteiger partial charge in [0.2, 0.25) is 0 Å². The zero-order valence-corrected chi connectivity index (χ0v) is 11.6. The zero-order chi connectivity index (χ0) is 10.7. The number of ether oxygens (including phenoxy) is 1. The summed E-state index contributed by atoms with van der Waals surface area (Å²) in [5.74, 6) is 0.666. The number of benzene rings is 1. The monoisotopic (exact) mass is 368 g/mol. The summed E-state index contributed by atoms with van der Waals surface area (Å²) >= 11 is 5.49. The molecule has 0 spiro atoms. The summed E-state index contributed by atoms with van der Waals surface area (Å²) in [6.07, 6.45) is 0.883. The van der Waals surface area contributed by atoms with Crippen LogP contribution in [-0.4, -0.2) is 12.4 Å². The van der Waals surface area contributed by atoms with Gasteiger partial charge in [-0.15, -0.1) is 0 Å². The van der Waals surface area contributed by atoms with Gasteiger partial charge in [0.25, 0.3) is 0 Å². The Morgan fingerprint density at radius 1 is 1.50 bits per heavy atom. The molecule has 0 saturated carbocycles. The highest BCUT2D eigenvalue weighted by Gasteiger charge is 2.10. The van der Waals surface area contributed by atoms with Crippen molar-refractivity contribution < 1.29 is 9.53 Å². The Morgan fingerprint density at radius 3 is 2.64 bits per heavy atom. The first-order chi connectivity index (χ1) is 6.54. The maximum absolute atomic E-state index is 10.8. The van der Waals surface area contributed by atoms with E-state index in [-0.39, 0.29) is 6.10 Å². The number of carbonyl (C=O) groups is 1. The van der Waals surface area contributed by atoms with Gasteiger partial charge in [-0.05, 0) is 48.6 Å². The standard InChI is InChI=1S/C10H10BrIO2/c1-6(2)14-10-7(5-13)3-8(11)4-9(10)12/h3-6H,1-2H3. The Balaban J connectivity index is 3.18. The fourth-order valence-electron chi connectivity index (χ4n) is 1.03. The van der Waals surface area contributed by atoms with E-state index >= 15 is 0 Å². The molecule has 0 aliphatic rings. The van der Waals surface area contributed by atoms with Crippen LogP contribution >= 0.6 is 38.5 Å². The molecule has 0 bridgehead atoms. The average molecular weight is 369 g/mol. The van der Waals surface area contributed by atoms with Crippen molar-refractivity contribution in [2.45, 2.75) is 20.0 Å². The third-order valence-electron chi connectivity index (χ3n) is 1.52. The molecule has 4 heteroatoms. The second kappa shape index (κ2) is 5.11. The van der Waals surface area contributed by atoms with Crippen molar-refractivity contribution in [3.8, 4) is 5.75 Å². The predicted molar refractivity (Wildman–Crippen MR) is 68.0 cm³/mol. The van der Waals surface area contributed by atoms with E-state index in [9.17, 15) is 4.79 Å². The minimum atomic E-state index is 0.0726. The van der Waals surface area contributed by atoms with Crippen LogP contribution in [-0.2, 0) is 0 Å². The normalized spacial score (nSPS) is 10.4. The molecular formula is C10H10BrIO2. The van der Waals surface area contributed by atoms with Crippen LogP contribution in [0.15, 0.2) is 16.6 Å². The summed E-state index contributed by atoms with van der Waals surface area (Å²) in [5, 5.41) is 0. The maximum atomic E-state index is 10.8. The third kappa shape index (κ3) is 2.95. The van der Waals surface area contributed by atoms with Crippen LogP contribution in [0.25, 0.3) is 0 Å². The molecule has 1 aromatic carbocycles. The summed E-state index contributed by atoms with van der Waals surface area (Å²) in [4.78, 5) is 10.8. The smallest absolute Gasteiger partial charge is 0.153 e. The van der Waals surface area contributed by atoms with Crippen LogP contribution < -0.4 is 4.74 Å². The maximum Gasteiger partial charge on any atom is 0.153 e. The SMILES string of the molecule is CC(C)Oc1c(I)cc(Br)cc1C=O. The van der Waals surface area contributed by atoms with Crippen LogP contribution in [0.3, 0.4) is 0 Å². The number of hydrogen-bond donors (Lipinski definition) is 0. The van der Waals surface area contributed by atoms with Crippen LogP contribution in [0.4, 0.5) is 0 Å². The van der Waals surface area contributed by atoms with E-state index in [2.05, 4.69) is 38.5 Å². The van der Waals surface area contributed by atoms with Gasteiger partial charge in [-0.1, -0.05) is 15.9 Å². The van der Waals surface area contributed by atoms with E-state index in [0.29, 0.717) is 11.3 Å². The van der Waals surface area contributed by atoms with E-state index in [4.69, 9.17) is 4.74 Å². The summed E-state index contributed by atoms with van der Waals surface area (Å²) in [7, 11) is 0. The van der Waals surface area contributed by atoms with Gasteiger partial charge >= 0.3 is 0 Å². The highest BCUT2D eigenvalue weighted by Crippen LogP contribution is 2.29. The first-order valence-corrected chi connectivity index (χ1v) is 6.02. The van der Waals surface area contributed by atoms with Crippen molar-refractivity contribution in [2.75, 3.05) is 0 Å². The number of aldehydes is 1. The molecule has 0 aromatic heterocycles. The van der Waals surface area contributed by atoms with E-state index in [0.717, 1.165) is 14.3 Å². The highest BCUT2D eigenvalue weighted by molar-refractivity contribution is 14.1. The molecule has 14 heavy (non-hydrogen) atoms. The van der Waals surface area contributed by atoms with Gasteiger partial charge in [0.1, 0.15) is 5.75 Å². The molecule has 2 nitrogen and oxygen atoms in total. The third-order valence-corrected chi connectivity index (χ3v) is 2.78. The van der Waals surface area contributed by atoms with Crippen molar-refractivity contribution in [1.29, 1.82) is 0 Å². The van der Waals surface area contributed by atoms with Crippen LogP contribution in [0.1, 0.15) is 24.2 Å². The van der Waals surface area contributed by atoms with Gasteiger partial charge in [-0.25, -0.2) is 0 Å². The number of halogens is 2. The molecule has 0 aliphatic heterocycles. The number of rotatable bonds is 3. The summed E-state index contributed by atoms with van der Waals surface area (Å²) in [5.41, 5.74) is 0.581. The van der Waals surface area contributed by atoms with Crippen molar-refractivity contribution >= 4 is 44.8 Å². The lowest BCUT2D eigenvalue weighted by Gasteiger charge is -2.13. The van der Waals surface area contributed by atoms with Gasteiger partial charge in [-0.3, -0.25) is 4.79 Å². The van der Waals surface area contributed by atoms with Crippen LogP contribution in [0.5, 0.6) is 5.75 Å². The van der Waals surface area contributed by atoms with Gasteiger partial charge < -0.3 is 4.74 Å². The summed E-state index contributed by atoms with van der Waals surface area (Å²) in [6.45, 7) is 3.87. The molecule has 76 valence electrons. The Labute approximate surface area is 105 Å². The van der Waals surface area contributed by atoms with E-state index in [1.165, 1.54) is 0 Å². The Hall–Kier alpha value is -0.100. The molecule has 0 radical (unpaired) electrons. The van der Waals surface area contributed by atoms with Crippen LogP contribution in [0, 0.1) is 3.57 Å². The first kappa shape index (κ1) is 12.0. The molecule has 1 rings (SSSR count). The minimum absolute atomic E-state index is 0.0726. The van der Waals surface area contributed by atoms with E-state index in [1.54, 1.807) is 6.07 Å². The van der Waals surface area contributed by atoms with Crippen molar-refractivity contribution in [3.05, 3.63) is 25.7 Å². The van der Waals surface area contributed by atoms with Gasteiger partial charge in [-0.2, -0.15) is 0 Å². The second-order valence-corrected chi connectivity index (χ2v) is 5.17. The Morgan fingerprint density at radius 2 is 2.14 bits per heavy atom. The highest BCUT2D eigenvalue weighted by atomic mass is 127. The fourth-order valence-corrected chi connectivity index (χ4v) is 2.71. The van der Waals surface area contributed by atoms with E-state index < -0.39 is 0 Å². The predicted octanol–water partition coefficient (Wildman–Crippen LogP) is 3.65. The van der Waals surface area contributed by atoms with Gasteiger partial charge in [0.15, 0.2) is 6.29 Å². The first-order valence-electron chi connectivity index (χ1n) is 4.15. The topological polar surface area (TPSA) is 26.3 Å². The molecule has 0 N–H and O–H groups in total. The summed E-state index contributed by atoms with van der Waals surface area (Å²) < 4.78 is 7.39. The van der Waals surface area contributed by atoms with Gasteiger partial charge in [0.05, 0.1) is 15.2 Å². The lowest BCUT2D eigenvalue weighted by molar-refractivity contribution is 0.111. The van der Waals surface area contributed by atoms with Crippen molar-refractivity contribution in [2.24, 2.45) is 0 Å². The quantitative estimate of drug-likeness (QED) is 0.601.